The van der Waals surface area contributed by atoms with Crippen molar-refractivity contribution in [1.29, 1.82) is 0 Å². The number of aromatic hydroxyl groups is 1. The third-order valence-electron chi connectivity index (χ3n) is 3.79. The molecule has 132 valence electrons. The maximum Gasteiger partial charge on any atom is 0.244 e. The zero-order chi connectivity index (χ0) is 18.4. The van der Waals surface area contributed by atoms with Crippen LogP contribution >= 0.6 is 0 Å². The molecule has 0 aliphatic rings. The molecular formula is C20H24N2O3. The average molecular weight is 340 g/mol. The fourth-order valence-corrected chi connectivity index (χ4v) is 2.30. The Morgan fingerprint density at radius 3 is 2.48 bits per heavy atom. The second-order valence-electron chi connectivity index (χ2n) is 6.85. The van der Waals surface area contributed by atoms with Gasteiger partial charge in [0.2, 0.25) is 5.91 Å². The summed E-state index contributed by atoms with van der Waals surface area (Å²) >= 11 is 0. The van der Waals surface area contributed by atoms with Gasteiger partial charge in [-0.25, -0.2) is 5.43 Å². The van der Waals surface area contributed by atoms with Crippen molar-refractivity contribution in [3.05, 3.63) is 59.2 Å². The molecule has 2 rings (SSSR count). The predicted octanol–water partition coefficient (Wildman–Crippen LogP) is 3.39. The lowest BCUT2D eigenvalue weighted by Gasteiger charge is -2.19. The van der Waals surface area contributed by atoms with Crippen LogP contribution in [0.3, 0.4) is 0 Å². The van der Waals surface area contributed by atoms with Crippen molar-refractivity contribution in [2.75, 3.05) is 7.11 Å². The highest BCUT2D eigenvalue weighted by molar-refractivity contribution is 5.84. The van der Waals surface area contributed by atoms with Crippen LogP contribution in [0.4, 0.5) is 0 Å². The van der Waals surface area contributed by atoms with E-state index >= 15 is 0 Å². The first-order chi connectivity index (χ1) is 11.8. The first-order valence-corrected chi connectivity index (χ1v) is 8.08. The molecule has 2 N–H and O–H groups in total. The van der Waals surface area contributed by atoms with Crippen molar-refractivity contribution in [3.63, 3.8) is 0 Å². The topological polar surface area (TPSA) is 70.9 Å². The smallest absolute Gasteiger partial charge is 0.244 e. The normalized spacial score (nSPS) is 11.5. The van der Waals surface area contributed by atoms with Gasteiger partial charge in [0.25, 0.3) is 0 Å². The highest BCUT2D eigenvalue weighted by Gasteiger charge is 2.13. The van der Waals surface area contributed by atoms with E-state index in [4.69, 9.17) is 4.74 Å². The zero-order valence-electron chi connectivity index (χ0n) is 15.0. The summed E-state index contributed by atoms with van der Waals surface area (Å²) in [4.78, 5) is 12.0. The van der Waals surface area contributed by atoms with Gasteiger partial charge in [-0.2, -0.15) is 5.10 Å². The van der Waals surface area contributed by atoms with Crippen LogP contribution in [-0.4, -0.2) is 24.3 Å². The molecule has 1 amide bonds. The van der Waals surface area contributed by atoms with E-state index in [-0.39, 0.29) is 23.5 Å². The number of rotatable bonds is 5. The van der Waals surface area contributed by atoms with Crippen molar-refractivity contribution in [3.8, 4) is 11.5 Å². The van der Waals surface area contributed by atoms with Gasteiger partial charge in [0.1, 0.15) is 0 Å². The second kappa shape index (κ2) is 7.83. The molecule has 0 saturated heterocycles. The fraction of sp³-hybridized carbons (Fsp3) is 0.300. The number of phenols is 1. The van der Waals surface area contributed by atoms with Gasteiger partial charge in [-0.15, -0.1) is 0 Å². The van der Waals surface area contributed by atoms with E-state index in [1.54, 1.807) is 12.1 Å². The van der Waals surface area contributed by atoms with Crippen LogP contribution in [0.25, 0.3) is 0 Å². The molecule has 0 aliphatic heterocycles. The van der Waals surface area contributed by atoms with E-state index in [1.165, 1.54) is 25.0 Å². The lowest BCUT2D eigenvalue weighted by atomic mass is 9.86. The van der Waals surface area contributed by atoms with E-state index < -0.39 is 0 Å². The number of benzene rings is 2. The van der Waals surface area contributed by atoms with Gasteiger partial charge in [0, 0.05) is 0 Å². The number of hydrogen-bond acceptors (Lipinski definition) is 4. The molecule has 0 atom stereocenters. The molecule has 0 saturated carbocycles. The highest BCUT2D eigenvalue weighted by atomic mass is 16.5. The summed E-state index contributed by atoms with van der Waals surface area (Å²) in [7, 11) is 1.47. The number of methoxy groups -OCH3 is 1. The minimum Gasteiger partial charge on any atom is -0.504 e. The van der Waals surface area contributed by atoms with Crippen molar-refractivity contribution in [2.24, 2.45) is 5.10 Å². The molecular weight excluding hydrogens is 316 g/mol. The molecule has 25 heavy (non-hydrogen) atoms. The zero-order valence-corrected chi connectivity index (χ0v) is 15.0. The highest BCUT2D eigenvalue weighted by Crippen LogP contribution is 2.25. The minimum absolute atomic E-state index is 0.0578. The molecule has 0 heterocycles. The molecule has 0 aliphatic carbocycles. The Hall–Kier alpha value is -2.82. The van der Waals surface area contributed by atoms with Crippen LogP contribution in [0.5, 0.6) is 11.5 Å². The van der Waals surface area contributed by atoms with E-state index in [2.05, 4.69) is 43.4 Å². The van der Waals surface area contributed by atoms with E-state index in [0.717, 1.165) is 5.56 Å². The maximum atomic E-state index is 12.0. The maximum absolute atomic E-state index is 12.0. The largest absolute Gasteiger partial charge is 0.504 e. The Bertz CT molecular complexity index is 760. The Balaban J connectivity index is 1.92. The van der Waals surface area contributed by atoms with Crippen LogP contribution < -0.4 is 10.2 Å². The van der Waals surface area contributed by atoms with Crippen molar-refractivity contribution in [1.82, 2.24) is 5.43 Å². The van der Waals surface area contributed by atoms with Crippen LogP contribution in [-0.2, 0) is 16.6 Å². The summed E-state index contributed by atoms with van der Waals surface area (Å²) in [6.07, 6.45) is 1.77. The summed E-state index contributed by atoms with van der Waals surface area (Å²) in [5.41, 5.74) is 5.48. The van der Waals surface area contributed by atoms with Crippen LogP contribution in [0.15, 0.2) is 47.6 Å². The lowest BCUT2D eigenvalue weighted by Crippen LogP contribution is -2.20. The Morgan fingerprint density at radius 1 is 1.20 bits per heavy atom. The third kappa shape index (κ3) is 5.35. The number of phenolic OH excluding ortho intramolecular Hbond substituents is 1. The van der Waals surface area contributed by atoms with Gasteiger partial charge < -0.3 is 9.84 Å². The molecule has 2 aromatic carbocycles. The quantitative estimate of drug-likeness (QED) is 0.647. The van der Waals surface area contributed by atoms with Gasteiger partial charge in [0.05, 0.1) is 19.7 Å². The molecule has 2 aromatic rings. The van der Waals surface area contributed by atoms with Gasteiger partial charge >= 0.3 is 0 Å². The van der Waals surface area contributed by atoms with Gasteiger partial charge in [-0.3, -0.25) is 4.79 Å². The fourth-order valence-electron chi connectivity index (χ4n) is 2.30. The molecule has 0 radical (unpaired) electrons. The minimum atomic E-state index is -0.189. The van der Waals surface area contributed by atoms with Crippen molar-refractivity contribution in [2.45, 2.75) is 32.6 Å². The van der Waals surface area contributed by atoms with E-state index in [0.29, 0.717) is 11.3 Å². The Labute approximate surface area is 148 Å². The second-order valence-corrected chi connectivity index (χ2v) is 6.85. The number of carbonyl (C=O) groups is 1. The van der Waals surface area contributed by atoms with Gasteiger partial charge in [-0.05, 0) is 40.3 Å². The summed E-state index contributed by atoms with van der Waals surface area (Å²) in [5, 5.41) is 13.5. The molecule has 0 spiro atoms. The molecule has 5 nitrogen and oxygen atoms in total. The standard InChI is InChI=1S/C20H24N2O3/c1-20(2,3)16-8-5-14(6-9-16)12-19(24)22-21-13-15-7-10-17(23)18(11-15)25-4/h5-11,13,23H,12H2,1-4H3,(H,22,24)/b21-13+. The number of amides is 1. The monoisotopic (exact) mass is 340 g/mol. The number of ether oxygens (including phenoxy) is 1. The molecule has 0 aromatic heterocycles. The number of hydrogen-bond donors (Lipinski definition) is 2. The summed E-state index contributed by atoms with van der Waals surface area (Å²) < 4.78 is 5.03. The lowest BCUT2D eigenvalue weighted by molar-refractivity contribution is -0.120. The van der Waals surface area contributed by atoms with Crippen molar-refractivity contribution >= 4 is 12.1 Å². The van der Waals surface area contributed by atoms with Gasteiger partial charge in [-0.1, -0.05) is 45.0 Å². The van der Waals surface area contributed by atoms with Crippen LogP contribution in [0.2, 0.25) is 0 Å². The first-order valence-electron chi connectivity index (χ1n) is 8.08. The summed E-state index contributed by atoms with van der Waals surface area (Å²) in [5.74, 6) is 0.224. The number of nitrogens with one attached hydrogen (secondary N) is 1. The molecule has 0 unspecified atom stereocenters. The number of hydrazone groups is 1. The molecule has 0 fully saturated rings. The van der Waals surface area contributed by atoms with Crippen LogP contribution in [0, 0.1) is 0 Å². The van der Waals surface area contributed by atoms with E-state index in [1.807, 2.05) is 12.1 Å². The van der Waals surface area contributed by atoms with Crippen LogP contribution in [0.1, 0.15) is 37.5 Å². The first kappa shape index (κ1) is 18.5. The molecule has 0 bridgehead atoms. The predicted molar refractivity (Wildman–Crippen MR) is 99.2 cm³/mol. The Morgan fingerprint density at radius 2 is 1.88 bits per heavy atom. The van der Waals surface area contributed by atoms with Gasteiger partial charge in [0.15, 0.2) is 11.5 Å². The molecule has 5 heteroatoms. The Kier molecular flexibility index (Phi) is 5.80. The third-order valence-corrected chi connectivity index (χ3v) is 3.79. The SMILES string of the molecule is COc1cc(/C=N/NC(=O)Cc2ccc(C(C)(C)C)cc2)ccc1O. The van der Waals surface area contributed by atoms with E-state index in [9.17, 15) is 9.90 Å². The van der Waals surface area contributed by atoms with Crippen molar-refractivity contribution < 1.29 is 14.6 Å². The number of nitrogens with zero attached hydrogens (tertiary/aromatic N) is 1. The average Bonchev–Trinajstić information content (AvgIpc) is 2.56. The summed E-state index contributed by atoms with van der Waals surface area (Å²) in [6, 6.07) is 12.9. The summed E-state index contributed by atoms with van der Waals surface area (Å²) in [6.45, 7) is 6.46. The number of carbonyl (C=O) groups excluding carboxylic acids is 1.